The van der Waals surface area contributed by atoms with E-state index in [1.807, 2.05) is 56.9 Å². The molecule has 2 amide bonds. The van der Waals surface area contributed by atoms with E-state index in [0.29, 0.717) is 24.5 Å². The summed E-state index contributed by atoms with van der Waals surface area (Å²) < 4.78 is 11.7. The Morgan fingerprint density at radius 3 is 2.54 bits per heavy atom. The van der Waals surface area contributed by atoms with Crippen LogP contribution in [0.4, 0.5) is 0 Å². The highest BCUT2D eigenvalue weighted by molar-refractivity contribution is 7.10. The van der Waals surface area contributed by atoms with Gasteiger partial charge >= 0.3 is 0 Å². The lowest BCUT2D eigenvalue weighted by Gasteiger charge is -2.40. The van der Waals surface area contributed by atoms with E-state index in [4.69, 9.17) is 9.47 Å². The smallest absolute Gasteiger partial charge is 0.258 e. The topological polar surface area (TPSA) is 59.1 Å². The van der Waals surface area contributed by atoms with Crippen LogP contribution < -0.4 is 9.47 Å². The van der Waals surface area contributed by atoms with E-state index in [1.54, 1.807) is 35.5 Å². The summed E-state index contributed by atoms with van der Waals surface area (Å²) in [5.41, 5.74) is 3.26. The standard InChI is InChI=1S/C30H36N2O4S/c1-20-11-12-25(21(2)17-20)36-19-24-22-14-16-37-27(22)13-15-31(24)28(33)18-32(30(3,4)5)29(34)23-9-7-8-10-26(23)35-6/h7-12,14,16-17,24H,13,15,18-19H2,1-6H3/t24-/m1/s1. The van der Waals surface area contributed by atoms with Gasteiger partial charge in [-0.2, -0.15) is 0 Å². The SMILES string of the molecule is COc1ccccc1C(=O)N(CC(=O)N1CCc2sccc2[C@H]1COc1ccc(C)cc1C)C(C)(C)C. The van der Waals surface area contributed by atoms with Crippen LogP contribution in [0.2, 0.25) is 0 Å². The number of fused-ring (bicyclic) bond motifs is 1. The molecule has 4 rings (SSSR count). The number of amides is 2. The summed E-state index contributed by atoms with van der Waals surface area (Å²) in [7, 11) is 1.55. The maximum absolute atomic E-state index is 13.9. The van der Waals surface area contributed by atoms with Crippen molar-refractivity contribution in [2.75, 3.05) is 26.8 Å². The van der Waals surface area contributed by atoms with Crippen LogP contribution in [0.5, 0.6) is 11.5 Å². The second-order valence-electron chi connectivity index (χ2n) is 10.5. The first-order valence-electron chi connectivity index (χ1n) is 12.6. The van der Waals surface area contributed by atoms with Crippen molar-refractivity contribution in [3.05, 3.63) is 81.0 Å². The zero-order chi connectivity index (χ0) is 26.7. The van der Waals surface area contributed by atoms with Crippen molar-refractivity contribution in [1.29, 1.82) is 0 Å². The number of benzene rings is 2. The molecular formula is C30H36N2O4S. The molecule has 1 aliphatic rings. The van der Waals surface area contributed by atoms with E-state index < -0.39 is 5.54 Å². The summed E-state index contributed by atoms with van der Waals surface area (Å²) >= 11 is 1.72. The Hall–Kier alpha value is -3.32. The molecule has 1 aliphatic heterocycles. The zero-order valence-corrected chi connectivity index (χ0v) is 23.4. The molecule has 6 nitrogen and oxygen atoms in total. The predicted octanol–water partition coefficient (Wildman–Crippen LogP) is 5.82. The molecule has 0 aliphatic carbocycles. The van der Waals surface area contributed by atoms with E-state index in [0.717, 1.165) is 23.3 Å². The first-order chi connectivity index (χ1) is 17.6. The molecule has 1 aromatic heterocycles. The molecule has 2 aromatic carbocycles. The van der Waals surface area contributed by atoms with Gasteiger partial charge in [-0.1, -0.05) is 29.8 Å². The summed E-state index contributed by atoms with van der Waals surface area (Å²) in [5.74, 6) is 0.997. The summed E-state index contributed by atoms with van der Waals surface area (Å²) in [4.78, 5) is 32.3. The molecule has 0 radical (unpaired) electrons. The van der Waals surface area contributed by atoms with Crippen molar-refractivity contribution in [1.82, 2.24) is 9.80 Å². The van der Waals surface area contributed by atoms with Crippen LogP contribution in [0, 0.1) is 13.8 Å². The zero-order valence-electron chi connectivity index (χ0n) is 22.5. The third-order valence-electron chi connectivity index (χ3n) is 6.83. The number of methoxy groups -OCH3 is 1. The van der Waals surface area contributed by atoms with Gasteiger partial charge in [0.2, 0.25) is 5.91 Å². The van der Waals surface area contributed by atoms with Gasteiger partial charge in [-0.3, -0.25) is 9.59 Å². The van der Waals surface area contributed by atoms with Crippen molar-refractivity contribution >= 4 is 23.2 Å². The first-order valence-corrected chi connectivity index (χ1v) is 13.5. The number of carbonyl (C=O) groups is 2. The second kappa shape index (κ2) is 11.0. The predicted molar refractivity (Wildman–Crippen MR) is 148 cm³/mol. The largest absolute Gasteiger partial charge is 0.496 e. The highest BCUT2D eigenvalue weighted by Crippen LogP contribution is 2.35. The molecule has 0 N–H and O–H groups in total. The highest BCUT2D eigenvalue weighted by atomic mass is 32.1. The number of carbonyl (C=O) groups excluding carboxylic acids is 2. The molecule has 3 aromatic rings. The number of para-hydroxylation sites is 1. The van der Waals surface area contributed by atoms with Gasteiger partial charge in [-0.05, 0) is 81.8 Å². The van der Waals surface area contributed by atoms with Gasteiger partial charge < -0.3 is 19.3 Å². The van der Waals surface area contributed by atoms with Gasteiger partial charge in [0.1, 0.15) is 24.7 Å². The summed E-state index contributed by atoms with van der Waals surface area (Å²) in [5, 5.41) is 2.08. The number of rotatable bonds is 7. The van der Waals surface area contributed by atoms with Crippen LogP contribution in [0.3, 0.4) is 0 Å². The molecule has 0 unspecified atom stereocenters. The van der Waals surface area contributed by atoms with Gasteiger partial charge in [-0.25, -0.2) is 0 Å². The van der Waals surface area contributed by atoms with E-state index in [9.17, 15) is 9.59 Å². The third-order valence-corrected chi connectivity index (χ3v) is 7.82. The number of thiophene rings is 1. The molecule has 2 heterocycles. The van der Waals surface area contributed by atoms with Gasteiger partial charge in [0.25, 0.3) is 5.91 Å². The van der Waals surface area contributed by atoms with Gasteiger partial charge in [0.05, 0.1) is 18.7 Å². The van der Waals surface area contributed by atoms with Crippen LogP contribution in [-0.2, 0) is 11.2 Å². The third kappa shape index (κ3) is 5.82. The van der Waals surface area contributed by atoms with Crippen molar-refractivity contribution < 1.29 is 19.1 Å². The van der Waals surface area contributed by atoms with Crippen molar-refractivity contribution in [3.63, 3.8) is 0 Å². The lowest BCUT2D eigenvalue weighted by atomic mass is 9.99. The van der Waals surface area contributed by atoms with Crippen molar-refractivity contribution in [2.24, 2.45) is 0 Å². The van der Waals surface area contributed by atoms with Crippen LogP contribution in [0.15, 0.2) is 53.9 Å². The molecular weight excluding hydrogens is 484 g/mol. The highest BCUT2D eigenvalue weighted by Gasteiger charge is 2.36. The van der Waals surface area contributed by atoms with Gasteiger partial charge in [0.15, 0.2) is 0 Å². The summed E-state index contributed by atoms with van der Waals surface area (Å²) in [6.45, 7) is 10.9. The average molecular weight is 521 g/mol. The Labute approximate surface area is 223 Å². The van der Waals surface area contributed by atoms with Gasteiger partial charge in [0, 0.05) is 17.0 Å². The average Bonchev–Trinajstić information content (AvgIpc) is 3.34. The number of ether oxygens (including phenoxy) is 2. The Morgan fingerprint density at radius 1 is 1.08 bits per heavy atom. The Balaban J connectivity index is 1.59. The molecule has 37 heavy (non-hydrogen) atoms. The second-order valence-corrected chi connectivity index (χ2v) is 11.5. The molecule has 196 valence electrons. The summed E-state index contributed by atoms with van der Waals surface area (Å²) in [6.07, 6.45) is 0.800. The Kier molecular flexibility index (Phi) is 7.93. The van der Waals surface area contributed by atoms with E-state index in [-0.39, 0.29) is 24.4 Å². The van der Waals surface area contributed by atoms with E-state index >= 15 is 0 Å². The van der Waals surface area contributed by atoms with Crippen LogP contribution in [-0.4, -0.2) is 54.0 Å². The van der Waals surface area contributed by atoms with Crippen molar-refractivity contribution in [2.45, 2.75) is 52.6 Å². The van der Waals surface area contributed by atoms with Crippen LogP contribution in [0.1, 0.15) is 58.7 Å². The molecule has 7 heteroatoms. The Morgan fingerprint density at radius 2 is 1.84 bits per heavy atom. The fourth-order valence-electron chi connectivity index (χ4n) is 4.81. The maximum atomic E-state index is 13.9. The van der Waals surface area contributed by atoms with Crippen LogP contribution in [0.25, 0.3) is 0 Å². The minimum absolute atomic E-state index is 0.0279. The number of hydrogen-bond donors (Lipinski definition) is 0. The first kappa shape index (κ1) is 26.7. The Bertz CT molecular complexity index is 1280. The molecule has 0 spiro atoms. The molecule has 1 atom stereocenters. The molecule has 0 fully saturated rings. The number of hydrogen-bond acceptors (Lipinski definition) is 5. The van der Waals surface area contributed by atoms with E-state index in [1.165, 1.54) is 10.4 Å². The van der Waals surface area contributed by atoms with Crippen molar-refractivity contribution in [3.8, 4) is 11.5 Å². The fraction of sp³-hybridized carbons (Fsp3) is 0.400. The minimum atomic E-state index is -0.568. The monoisotopic (exact) mass is 520 g/mol. The van der Waals surface area contributed by atoms with Crippen LogP contribution >= 0.6 is 11.3 Å². The molecule has 0 saturated carbocycles. The quantitative estimate of drug-likeness (QED) is 0.394. The summed E-state index contributed by atoms with van der Waals surface area (Å²) in [6, 6.07) is 15.1. The fourth-order valence-corrected chi connectivity index (χ4v) is 5.74. The number of aryl methyl sites for hydroxylation is 2. The van der Waals surface area contributed by atoms with Gasteiger partial charge in [-0.15, -0.1) is 11.3 Å². The number of nitrogens with zero attached hydrogens (tertiary/aromatic N) is 2. The minimum Gasteiger partial charge on any atom is -0.496 e. The lowest BCUT2D eigenvalue weighted by molar-refractivity contribution is -0.136. The maximum Gasteiger partial charge on any atom is 0.258 e. The normalized spacial score (nSPS) is 15.2. The van der Waals surface area contributed by atoms with E-state index in [2.05, 4.69) is 24.4 Å². The molecule has 0 bridgehead atoms. The lowest BCUT2D eigenvalue weighted by Crippen LogP contribution is -2.53. The molecule has 0 saturated heterocycles.